The van der Waals surface area contributed by atoms with Gasteiger partial charge in [-0.05, 0) is 30.1 Å². The minimum atomic E-state index is 0.895. The van der Waals surface area contributed by atoms with E-state index in [1.807, 2.05) is 0 Å². The van der Waals surface area contributed by atoms with Gasteiger partial charge in [-0.1, -0.05) is 79.9 Å². The predicted molar refractivity (Wildman–Crippen MR) is 86.5 cm³/mol. The molecule has 0 amide bonds. The largest absolute Gasteiger partial charge is 0.105 e. The van der Waals surface area contributed by atoms with Crippen LogP contribution in [0.2, 0.25) is 13.1 Å². The van der Waals surface area contributed by atoms with Crippen LogP contribution in [0.5, 0.6) is 0 Å². The second kappa shape index (κ2) is 10.9. The Morgan fingerprint density at radius 1 is 0.833 bits per heavy atom. The van der Waals surface area contributed by atoms with Crippen LogP contribution in [-0.4, -0.2) is 7.28 Å². The van der Waals surface area contributed by atoms with Crippen molar-refractivity contribution in [3.05, 3.63) is 0 Å². The smallest absolute Gasteiger partial charge is 0.0920 e. The van der Waals surface area contributed by atoms with Gasteiger partial charge in [0.05, 0.1) is 0 Å². The van der Waals surface area contributed by atoms with Crippen molar-refractivity contribution in [2.45, 2.75) is 86.3 Å². The molecule has 18 heavy (non-hydrogen) atoms. The summed E-state index contributed by atoms with van der Waals surface area (Å²) in [5.41, 5.74) is 0. The summed E-state index contributed by atoms with van der Waals surface area (Å²) in [6, 6.07) is 0. The van der Waals surface area contributed by atoms with E-state index in [0.29, 0.717) is 0 Å². The molecule has 0 aliphatic rings. The van der Waals surface area contributed by atoms with Crippen LogP contribution >= 0.6 is 0 Å². The lowest BCUT2D eigenvalue weighted by atomic mass is 9.72. The maximum atomic E-state index is 2.44. The highest BCUT2D eigenvalue weighted by Gasteiger charge is 2.16. The first-order valence-electron chi connectivity index (χ1n) is 8.32. The van der Waals surface area contributed by atoms with E-state index in [9.17, 15) is 0 Å². The van der Waals surface area contributed by atoms with Crippen molar-refractivity contribution in [3.8, 4) is 0 Å². The summed E-state index contributed by atoms with van der Waals surface area (Å²) >= 11 is 0. The summed E-state index contributed by atoms with van der Waals surface area (Å²) in [5, 5.41) is 0. The van der Waals surface area contributed by atoms with Gasteiger partial charge in [0.2, 0.25) is 0 Å². The van der Waals surface area contributed by atoms with Crippen LogP contribution in [0.1, 0.15) is 73.1 Å². The molecule has 0 saturated carbocycles. The van der Waals surface area contributed by atoms with Crippen molar-refractivity contribution in [1.29, 1.82) is 0 Å². The standard InChI is InChI=1S/C17H36B/c1-7-14(3)13-17(11-12-18-6)10-9-16(5)15(4)8-2/h14-17H,7-13H2,1-6H3. The first kappa shape index (κ1) is 18.1. The Morgan fingerprint density at radius 2 is 1.50 bits per heavy atom. The molecular formula is C17H36B. The van der Waals surface area contributed by atoms with E-state index >= 15 is 0 Å². The molecule has 4 unspecified atom stereocenters. The molecule has 0 aliphatic carbocycles. The van der Waals surface area contributed by atoms with Gasteiger partial charge in [-0.25, -0.2) is 0 Å². The summed E-state index contributed by atoms with van der Waals surface area (Å²) in [7, 11) is 2.34. The van der Waals surface area contributed by atoms with Gasteiger partial charge in [0, 0.05) is 0 Å². The van der Waals surface area contributed by atoms with Gasteiger partial charge in [0.1, 0.15) is 7.28 Å². The Balaban J connectivity index is 4.06. The van der Waals surface area contributed by atoms with Crippen LogP contribution in [0.15, 0.2) is 0 Å². The second-order valence-electron chi connectivity index (χ2n) is 6.54. The molecular weight excluding hydrogens is 215 g/mol. The molecule has 0 N–H and O–H groups in total. The lowest BCUT2D eigenvalue weighted by Gasteiger charge is -2.24. The van der Waals surface area contributed by atoms with E-state index in [0.717, 1.165) is 23.7 Å². The van der Waals surface area contributed by atoms with Gasteiger partial charge in [-0.2, -0.15) is 0 Å². The van der Waals surface area contributed by atoms with Crippen molar-refractivity contribution in [2.75, 3.05) is 0 Å². The molecule has 0 rings (SSSR count). The van der Waals surface area contributed by atoms with Crippen molar-refractivity contribution in [1.82, 2.24) is 0 Å². The molecule has 0 fully saturated rings. The molecule has 0 saturated heterocycles. The van der Waals surface area contributed by atoms with E-state index < -0.39 is 0 Å². The quantitative estimate of drug-likeness (QED) is 0.391. The topological polar surface area (TPSA) is 0 Å². The van der Waals surface area contributed by atoms with E-state index in [2.05, 4.69) is 48.7 Å². The van der Waals surface area contributed by atoms with E-state index in [-0.39, 0.29) is 0 Å². The highest BCUT2D eigenvalue weighted by molar-refractivity contribution is 6.33. The highest BCUT2D eigenvalue weighted by Crippen LogP contribution is 2.28. The summed E-state index contributed by atoms with van der Waals surface area (Å²) in [6.07, 6.45) is 9.71. The van der Waals surface area contributed by atoms with Crippen LogP contribution < -0.4 is 0 Å². The fraction of sp³-hybridized carbons (Fsp3) is 1.00. The lowest BCUT2D eigenvalue weighted by Crippen LogP contribution is -2.12. The molecule has 0 nitrogen and oxygen atoms in total. The van der Waals surface area contributed by atoms with Gasteiger partial charge < -0.3 is 0 Å². The van der Waals surface area contributed by atoms with Crippen molar-refractivity contribution in [2.24, 2.45) is 23.7 Å². The minimum Gasteiger partial charge on any atom is -0.0920 e. The maximum Gasteiger partial charge on any atom is 0.105 e. The number of hydrogen-bond donors (Lipinski definition) is 0. The van der Waals surface area contributed by atoms with Gasteiger partial charge in [-0.15, -0.1) is 0 Å². The molecule has 0 bridgehead atoms. The molecule has 0 aromatic heterocycles. The summed E-state index contributed by atoms with van der Waals surface area (Å²) in [4.78, 5) is 0. The van der Waals surface area contributed by atoms with Crippen LogP contribution in [0.4, 0.5) is 0 Å². The molecule has 0 heterocycles. The predicted octanol–water partition coefficient (Wildman–Crippen LogP) is 6.06. The third-order valence-corrected chi connectivity index (χ3v) is 4.94. The third kappa shape index (κ3) is 8.22. The lowest BCUT2D eigenvalue weighted by molar-refractivity contribution is 0.287. The molecule has 0 spiro atoms. The zero-order chi connectivity index (χ0) is 14.0. The maximum absolute atomic E-state index is 2.44. The van der Waals surface area contributed by atoms with Crippen LogP contribution in [0.25, 0.3) is 0 Å². The zero-order valence-corrected chi connectivity index (χ0v) is 13.8. The summed E-state index contributed by atoms with van der Waals surface area (Å²) in [5.74, 6) is 3.67. The SMILES string of the molecule is C[B]CCC(CCC(C)C(C)CC)CC(C)CC. The Hall–Kier alpha value is 0.0649. The van der Waals surface area contributed by atoms with Gasteiger partial charge >= 0.3 is 0 Å². The van der Waals surface area contributed by atoms with Crippen LogP contribution in [0.3, 0.4) is 0 Å². The van der Waals surface area contributed by atoms with Crippen LogP contribution in [-0.2, 0) is 0 Å². The number of rotatable bonds is 11. The first-order chi connectivity index (χ1) is 8.54. The normalized spacial score (nSPS) is 18.1. The highest BCUT2D eigenvalue weighted by atomic mass is 14.2. The van der Waals surface area contributed by atoms with Gasteiger partial charge in [-0.3, -0.25) is 0 Å². The Bertz CT molecular complexity index is 178. The second-order valence-corrected chi connectivity index (χ2v) is 6.54. The summed E-state index contributed by atoms with van der Waals surface area (Å²) in [6.45, 7) is 14.1. The molecule has 0 aromatic rings. The molecule has 1 heteroatoms. The number of hydrogen-bond acceptors (Lipinski definition) is 0. The van der Waals surface area contributed by atoms with Crippen LogP contribution in [0, 0.1) is 23.7 Å². The minimum absolute atomic E-state index is 0.895. The molecule has 4 atom stereocenters. The molecule has 0 aromatic carbocycles. The monoisotopic (exact) mass is 251 g/mol. The Kier molecular flexibility index (Phi) is 11.0. The van der Waals surface area contributed by atoms with E-state index in [1.165, 1.54) is 44.8 Å². The fourth-order valence-electron chi connectivity index (χ4n) is 2.70. The van der Waals surface area contributed by atoms with Gasteiger partial charge in [0.15, 0.2) is 0 Å². The average molecular weight is 251 g/mol. The van der Waals surface area contributed by atoms with Crippen molar-refractivity contribution < 1.29 is 0 Å². The third-order valence-electron chi connectivity index (χ3n) is 4.94. The fourth-order valence-corrected chi connectivity index (χ4v) is 2.70. The first-order valence-corrected chi connectivity index (χ1v) is 8.32. The average Bonchev–Trinajstić information content (AvgIpc) is 2.39. The Labute approximate surface area is 118 Å². The summed E-state index contributed by atoms with van der Waals surface area (Å²) < 4.78 is 0. The zero-order valence-electron chi connectivity index (χ0n) is 13.8. The molecule has 107 valence electrons. The molecule has 1 radical (unpaired) electrons. The van der Waals surface area contributed by atoms with Gasteiger partial charge in [0.25, 0.3) is 0 Å². The van der Waals surface area contributed by atoms with Crippen molar-refractivity contribution >= 4 is 7.28 Å². The van der Waals surface area contributed by atoms with Crippen molar-refractivity contribution in [3.63, 3.8) is 0 Å². The van der Waals surface area contributed by atoms with E-state index in [4.69, 9.17) is 0 Å². The molecule has 0 aliphatic heterocycles. The van der Waals surface area contributed by atoms with E-state index in [1.54, 1.807) is 0 Å². The Morgan fingerprint density at radius 3 is 2.00 bits per heavy atom.